The monoisotopic (exact) mass is 179 g/mol. The van der Waals surface area contributed by atoms with Crippen LogP contribution in [0.5, 0.6) is 0 Å². The first kappa shape index (κ1) is 9.85. The lowest BCUT2D eigenvalue weighted by Crippen LogP contribution is -2.40. The van der Waals surface area contributed by atoms with E-state index in [-0.39, 0.29) is 0 Å². The van der Waals surface area contributed by atoms with Crippen LogP contribution in [-0.4, -0.2) is 57.7 Å². The molecule has 0 amide bonds. The van der Waals surface area contributed by atoms with Gasteiger partial charge < -0.3 is 30.9 Å². The zero-order chi connectivity index (χ0) is 9.30. The van der Waals surface area contributed by atoms with E-state index in [1.807, 2.05) is 0 Å². The van der Waals surface area contributed by atoms with Crippen LogP contribution in [0.4, 0.5) is 0 Å². The molecule has 0 aromatic rings. The molecule has 1 fully saturated rings. The van der Waals surface area contributed by atoms with Gasteiger partial charge in [0.2, 0.25) is 0 Å². The molecule has 0 spiro atoms. The van der Waals surface area contributed by atoms with Crippen LogP contribution < -0.4 is 5.73 Å². The zero-order valence-electron chi connectivity index (χ0n) is 6.37. The number of nitrogens with two attached hydrogens (primary N) is 1. The van der Waals surface area contributed by atoms with E-state index >= 15 is 0 Å². The van der Waals surface area contributed by atoms with Crippen molar-refractivity contribution in [3.8, 4) is 0 Å². The molecular weight excluding hydrogens is 166 g/mol. The van der Waals surface area contributed by atoms with Crippen molar-refractivity contribution in [2.45, 2.75) is 30.6 Å². The Morgan fingerprint density at radius 3 is 2.25 bits per heavy atom. The van der Waals surface area contributed by atoms with Crippen LogP contribution in [0.2, 0.25) is 0 Å². The molecule has 0 aromatic carbocycles. The Morgan fingerprint density at radius 1 is 1.33 bits per heavy atom. The van der Waals surface area contributed by atoms with Gasteiger partial charge in [0.15, 0.2) is 0 Å². The number of ether oxygens (including phenoxy) is 1. The van der Waals surface area contributed by atoms with Crippen molar-refractivity contribution in [3.63, 3.8) is 0 Å². The summed E-state index contributed by atoms with van der Waals surface area (Å²) in [6.07, 6.45) is -5.70. The van der Waals surface area contributed by atoms with Crippen LogP contribution in [0.25, 0.3) is 0 Å². The van der Waals surface area contributed by atoms with E-state index in [4.69, 9.17) is 25.8 Å². The molecule has 0 aliphatic carbocycles. The van der Waals surface area contributed by atoms with E-state index in [2.05, 4.69) is 0 Å². The quantitative estimate of drug-likeness (QED) is 0.304. The summed E-state index contributed by atoms with van der Waals surface area (Å²) >= 11 is 0. The van der Waals surface area contributed by atoms with E-state index in [9.17, 15) is 5.11 Å². The van der Waals surface area contributed by atoms with Crippen molar-refractivity contribution in [3.05, 3.63) is 0 Å². The fourth-order valence-electron chi connectivity index (χ4n) is 1.15. The number of hydrogen-bond acceptors (Lipinski definition) is 6. The van der Waals surface area contributed by atoms with Crippen molar-refractivity contribution in [2.75, 3.05) is 6.61 Å². The molecule has 0 aromatic heterocycles. The molecule has 5 atom stereocenters. The summed E-state index contributed by atoms with van der Waals surface area (Å²) in [4.78, 5) is 0. The molecular formula is C6H13NO5. The third-order valence-electron chi connectivity index (χ3n) is 1.90. The minimum atomic E-state index is -1.25. The second-order valence-electron chi connectivity index (χ2n) is 2.80. The van der Waals surface area contributed by atoms with Crippen molar-refractivity contribution < 1.29 is 25.2 Å². The van der Waals surface area contributed by atoms with E-state index < -0.39 is 37.3 Å². The summed E-state index contributed by atoms with van der Waals surface area (Å²) in [5.74, 6) is 0. The Bertz CT molecular complexity index is 155. The Balaban J connectivity index is 2.58. The highest BCUT2D eigenvalue weighted by Gasteiger charge is 2.43. The van der Waals surface area contributed by atoms with Gasteiger partial charge in [0.25, 0.3) is 0 Å². The van der Waals surface area contributed by atoms with Gasteiger partial charge in [0.05, 0.1) is 6.61 Å². The van der Waals surface area contributed by atoms with Gasteiger partial charge in [-0.05, 0) is 0 Å². The van der Waals surface area contributed by atoms with Crippen molar-refractivity contribution in [2.24, 2.45) is 5.73 Å². The highest BCUT2D eigenvalue weighted by atomic mass is 16.6. The smallest absolute Gasteiger partial charge is 0.135 e. The van der Waals surface area contributed by atoms with Gasteiger partial charge in [-0.1, -0.05) is 0 Å². The summed E-state index contributed by atoms with van der Waals surface area (Å²) in [6.45, 7) is -0.541. The van der Waals surface area contributed by atoms with Gasteiger partial charge >= 0.3 is 0 Å². The number of aliphatic hydroxyl groups excluding tert-OH is 4. The lowest BCUT2D eigenvalue weighted by molar-refractivity contribution is -0.0803. The van der Waals surface area contributed by atoms with E-state index in [1.165, 1.54) is 0 Å². The SMILES string of the molecule is NC1O[C@H]([C@H](O)CO)[C@H](O)[C@H]1O. The molecule has 12 heavy (non-hydrogen) atoms. The van der Waals surface area contributed by atoms with Crippen molar-refractivity contribution in [1.82, 2.24) is 0 Å². The first-order chi connectivity index (χ1) is 5.57. The second kappa shape index (κ2) is 3.65. The summed E-state index contributed by atoms with van der Waals surface area (Å²) in [6, 6.07) is 0. The fraction of sp³-hybridized carbons (Fsp3) is 1.00. The topological polar surface area (TPSA) is 116 Å². The molecule has 1 saturated heterocycles. The van der Waals surface area contributed by atoms with Crippen LogP contribution >= 0.6 is 0 Å². The molecule has 1 heterocycles. The Labute approximate surface area is 69.2 Å². The maximum Gasteiger partial charge on any atom is 0.135 e. The normalized spacial score (nSPS) is 44.8. The van der Waals surface area contributed by atoms with Crippen LogP contribution in [0, 0.1) is 0 Å². The predicted octanol–water partition coefficient (Wildman–Crippen LogP) is -3.25. The van der Waals surface area contributed by atoms with Crippen LogP contribution in [-0.2, 0) is 4.74 Å². The van der Waals surface area contributed by atoms with Crippen LogP contribution in [0.1, 0.15) is 0 Å². The van der Waals surface area contributed by atoms with E-state index in [0.29, 0.717) is 0 Å². The third-order valence-corrected chi connectivity index (χ3v) is 1.90. The molecule has 6 nitrogen and oxygen atoms in total. The molecule has 1 aliphatic heterocycles. The standard InChI is InChI=1S/C6H13NO5/c7-6-4(11)3(10)5(12-6)2(9)1-8/h2-6,8-11H,1,7H2/t2-,3-,4-,5-,6?/m1/s1. The molecule has 0 saturated carbocycles. The fourth-order valence-corrected chi connectivity index (χ4v) is 1.15. The minimum absolute atomic E-state index is 0.541. The predicted molar refractivity (Wildman–Crippen MR) is 38.0 cm³/mol. The Kier molecular flexibility index (Phi) is 2.99. The number of rotatable bonds is 2. The maximum atomic E-state index is 9.20. The molecule has 6 heteroatoms. The molecule has 1 unspecified atom stereocenters. The average molecular weight is 179 g/mol. The van der Waals surface area contributed by atoms with Crippen molar-refractivity contribution >= 4 is 0 Å². The third kappa shape index (κ3) is 1.58. The lowest BCUT2D eigenvalue weighted by Gasteiger charge is -2.18. The van der Waals surface area contributed by atoms with Gasteiger partial charge in [-0.25, -0.2) is 0 Å². The summed E-state index contributed by atoms with van der Waals surface area (Å²) in [5.41, 5.74) is 5.23. The van der Waals surface area contributed by atoms with Crippen LogP contribution in [0.15, 0.2) is 0 Å². The van der Waals surface area contributed by atoms with Crippen molar-refractivity contribution in [1.29, 1.82) is 0 Å². The Morgan fingerprint density at radius 2 is 1.92 bits per heavy atom. The largest absolute Gasteiger partial charge is 0.394 e. The first-order valence-electron chi connectivity index (χ1n) is 3.64. The number of aliphatic hydroxyl groups is 4. The molecule has 0 bridgehead atoms. The molecule has 72 valence electrons. The molecule has 6 N–H and O–H groups in total. The van der Waals surface area contributed by atoms with Gasteiger partial charge in [-0.2, -0.15) is 0 Å². The second-order valence-corrected chi connectivity index (χ2v) is 2.80. The van der Waals surface area contributed by atoms with Crippen LogP contribution in [0.3, 0.4) is 0 Å². The zero-order valence-corrected chi connectivity index (χ0v) is 6.37. The van der Waals surface area contributed by atoms with E-state index in [0.717, 1.165) is 0 Å². The highest BCUT2D eigenvalue weighted by Crippen LogP contribution is 2.20. The first-order valence-corrected chi connectivity index (χ1v) is 3.64. The minimum Gasteiger partial charge on any atom is -0.394 e. The maximum absolute atomic E-state index is 9.20. The highest BCUT2D eigenvalue weighted by molar-refractivity contribution is 4.91. The van der Waals surface area contributed by atoms with Gasteiger partial charge in [0, 0.05) is 0 Å². The van der Waals surface area contributed by atoms with Gasteiger partial charge in [-0.3, -0.25) is 0 Å². The summed E-state index contributed by atoms with van der Waals surface area (Å²) in [7, 11) is 0. The molecule has 1 rings (SSSR count). The average Bonchev–Trinajstić information content (AvgIpc) is 2.32. The Hall–Kier alpha value is -0.240. The van der Waals surface area contributed by atoms with Gasteiger partial charge in [-0.15, -0.1) is 0 Å². The number of hydrogen-bond donors (Lipinski definition) is 5. The van der Waals surface area contributed by atoms with E-state index in [1.54, 1.807) is 0 Å². The lowest BCUT2D eigenvalue weighted by atomic mass is 10.1. The molecule has 0 radical (unpaired) electrons. The molecule has 1 aliphatic rings. The summed E-state index contributed by atoms with van der Waals surface area (Å²) < 4.78 is 4.81. The van der Waals surface area contributed by atoms with Gasteiger partial charge in [0.1, 0.15) is 30.6 Å². The summed E-state index contributed by atoms with van der Waals surface area (Å²) in [5, 5.41) is 35.9.